The van der Waals surface area contributed by atoms with Crippen LogP contribution in [0.3, 0.4) is 0 Å². The lowest BCUT2D eigenvalue weighted by Gasteiger charge is -2.05. The molecule has 0 unspecified atom stereocenters. The molecule has 15 heavy (non-hydrogen) atoms. The van der Waals surface area contributed by atoms with Crippen molar-refractivity contribution in [2.45, 2.75) is 12.8 Å². The molecule has 0 spiro atoms. The molecule has 0 amide bonds. The Bertz CT molecular complexity index is 452. The molecule has 78 valence electrons. The molecular weight excluding hydrogens is 194 g/mol. The second-order valence-electron chi connectivity index (χ2n) is 3.36. The molecule has 4 N–H and O–H groups in total. The SMILES string of the molecule is NC(=NO)c1cccc2c1CCC2=NO. The van der Waals surface area contributed by atoms with E-state index in [1.807, 2.05) is 6.07 Å². The molecular formula is C10H11N3O2. The molecule has 0 fully saturated rings. The first-order chi connectivity index (χ1) is 7.27. The fourth-order valence-electron chi connectivity index (χ4n) is 1.90. The highest BCUT2D eigenvalue weighted by Crippen LogP contribution is 2.25. The Labute approximate surface area is 86.5 Å². The van der Waals surface area contributed by atoms with Crippen LogP contribution in [0.15, 0.2) is 28.5 Å². The van der Waals surface area contributed by atoms with Crippen molar-refractivity contribution in [1.82, 2.24) is 0 Å². The van der Waals surface area contributed by atoms with Gasteiger partial charge in [-0.3, -0.25) is 0 Å². The molecule has 0 aliphatic heterocycles. The maximum Gasteiger partial charge on any atom is 0.170 e. The average molecular weight is 205 g/mol. The maximum absolute atomic E-state index is 8.78. The van der Waals surface area contributed by atoms with Crippen molar-refractivity contribution >= 4 is 11.5 Å². The van der Waals surface area contributed by atoms with Crippen LogP contribution in [0.4, 0.5) is 0 Å². The van der Waals surface area contributed by atoms with Crippen LogP contribution in [0.5, 0.6) is 0 Å². The second kappa shape index (κ2) is 3.61. The Balaban J connectivity index is 2.59. The van der Waals surface area contributed by atoms with E-state index in [0.717, 1.165) is 17.5 Å². The first-order valence-electron chi connectivity index (χ1n) is 4.59. The van der Waals surface area contributed by atoms with Gasteiger partial charge in [-0.05, 0) is 18.4 Å². The number of nitrogens with zero attached hydrogens (tertiary/aromatic N) is 2. The fourth-order valence-corrected chi connectivity index (χ4v) is 1.90. The van der Waals surface area contributed by atoms with E-state index in [1.54, 1.807) is 12.1 Å². The highest BCUT2D eigenvalue weighted by Gasteiger charge is 2.22. The molecule has 1 aromatic carbocycles. The first kappa shape index (κ1) is 9.51. The molecule has 0 bridgehead atoms. The van der Waals surface area contributed by atoms with Gasteiger partial charge in [0.2, 0.25) is 0 Å². The number of fused-ring (bicyclic) bond motifs is 1. The van der Waals surface area contributed by atoms with Crippen LogP contribution < -0.4 is 5.73 Å². The van der Waals surface area contributed by atoms with Crippen molar-refractivity contribution in [3.63, 3.8) is 0 Å². The predicted molar refractivity (Wildman–Crippen MR) is 55.6 cm³/mol. The lowest BCUT2D eigenvalue weighted by molar-refractivity contribution is 0.318. The van der Waals surface area contributed by atoms with Crippen molar-refractivity contribution in [3.8, 4) is 0 Å². The first-order valence-corrected chi connectivity index (χ1v) is 4.59. The molecule has 5 nitrogen and oxygen atoms in total. The minimum atomic E-state index is 0.0889. The summed E-state index contributed by atoms with van der Waals surface area (Å²) >= 11 is 0. The van der Waals surface area contributed by atoms with Gasteiger partial charge in [0.15, 0.2) is 5.84 Å². The third-order valence-electron chi connectivity index (χ3n) is 2.60. The second-order valence-corrected chi connectivity index (χ2v) is 3.36. The van der Waals surface area contributed by atoms with Crippen molar-refractivity contribution < 1.29 is 10.4 Å². The fraction of sp³-hybridized carbons (Fsp3) is 0.200. The zero-order chi connectivity index (χ0) is 10.8. The summed E-state index contributed by atoms with van der Waals surface area (Å²) in [6, 6.07) is 5.45. The van der Waals surface area contributed by atoms with Crippen molar-refractivity contribution in [3.05, 3.63) is 34.9 Å². The molecule has 5 heteroatoms. The van der Waals surface area contributed by atoms with E-state index in [0.29, 0.717) is 17.7 Å². The average Bonchev–Trinajstić information content (AvgIpc) is 2.70. The van der Waals surface area contributed by atoms with E-state index >= 15 is 0 Å². The minimum absolute atomic E-state index is 0.0889. The number of benzene rings is 1. The van der Waals surface area contributed by atoms with Crippen LogP contribution in [-0.2, 0) is 6.42 Å². The molecule has 0 heterocycles. The van der Waals surface area contributed by atoms with Gasteiger partial charge in [-0.2, -0.15) is 0 Å². The summed E-state index contributed by atoms with van der Waals surface area (Å²) in [4.78, 5) is 0. The van der Waals surface area contributed by atoms with Gasteiger partial charge in [0, 0.05) is 11.1 Å². The minimum Gasteiger partial charge on any atom is -0.411 e. The maximum atomic E-state index is 8.78. The van der Waals surface area contributed by atoms with E-state index < -0.39 is 0 Å². The zero-order valence-electron chi connectivity index (χ0n) is 8.01. The van der Waals surface area contributed by atoms with Crippen LogP contribution in [0.1, 0.15) is 23.1 Å². The standard InChI is InChI=1S/C10H11N3O2/c11-10(13-15)8-3-1-2-7-6(8)4-5-9(7)12-14/h1-3,14-15H,4-5H2,(H2,11,13). The Morgan fingerprint density at radius 3 is 2.73 bits per heavy atom. The van der Waals surface area contributed by atoms with Gasteiger partial charge in [0.25, 0.3) is 0 Å². The Morgan fingerprint density at radius 1 is 1.27 bits per heavy atom. The highest BCUT2D eigenvalue weighted by atomic mass is 16.4. The number of nitrogens with two attached hydrogens (primary N) is 1. The van der Waals surface area contributed by atoms with Crippen LogP contribution in [0.2, 0.25) is 0 Å². The number of hydrogen-bond acceptors (Lipinski definition) is 4. The van der Waals surface area contributed by atoms with E-state index in [9.17, 15) is 0 Å². The molecule has 0 saturated heterocycles. The summed E-state index contributed by atoms with van der Waals surface area (Å²) in [5.41, 5.74) is 8.75. The number of oxime groups is 2. The van der Waals surface area contributed by atoms with Gasteiger partial charge < -0.3 is 16.1 Å². The van der Waals surface area contributed by atoms with Crippen molar-refractivity contribution in [2.24, 2.45) is 16.0 Å². The van der Waals surface area contributed by atoms with Crippen LogP contribution in [0.25, 0.3) is 0 Å². The van der Waals surface area contributed by atoms with Gasteiger partial charge in [-0.1, -0.05) is 28.5 Å². The number of hydrogen-bond donors (Lipinski definition) is 3. The Morgan fingerprint density at radius 2 is 2.07 bits per heavy atom. The molecule has 2 rings (SSSR count). The van der Waals surface area contributed by atoms with E-state index in [1.165, 1.54) is 0 Å². The van der Waals surface area contributed by atoms with Gasteiger partial charge in [-0.15, -0.1) is 0 Å². The summed E-state index contributed by atoms with van der Waals surface area (Å²) in [6.45, 7) is 0. The van der Waals surface area contributed by atoms with Crippen molar-refractivity contribution in [2.75, 3.05) is 0 Å². The number of rotatable bonds is 1. The van der Waals surface area contributed by atoms with Gasteiger partial charge in [0.1, 0.15) is 0 Å². The number of amidine groups is 1. The summed E-state index contributed by atoms with van der Waals surface area (Å²) < 4.78 is 0. The third-order valence-corrected chi connectivity index (χ3v) is 2.60. The van der Waals surface area contributed by atoms with Crippen LogP contribution in [0, 0.1) is 0 Å². The smallest absolute Gasteiger partial charge is 0.170 e. The third kappa shape index (κ3) is 1.41. The van der Waals surface area contributed by atoms with E-state index in [4.69, 9.17) is 16.1 Å². The molecule has 1 aliphatic rings. The molecule has 0 aromatic heterocycles. The monoisotopic (exact) mass is 205 g/mol. The van der Waals surface area contributed by atoms with E-state index in [-0.39, 0.29) is 5.84 Å². The lowest BCUT2D eigenvalue weighted by Crippen LogP contribution is -2.15. The largest absolute Gasteiger partial charge is 0.411 e. The molecule has 1 aromatic rings. The molecule has 0 atom stereocenters. The van der Waals surface area contributed by atoms with E-state index in [2.05, 4.69) is 10.3 Å². The van der Waals surface area contributed by atoms with Crippen molar-refractivity contribution in [1.29, 1.82) is 0 Å². The summed E-state index contributed by atoms with van der Waals surface area (Å²) in [5.74, 6) is 0.0889. The zero-order valence-corrected chi connectivity index (χ0v) is 8.01. The van der Waals surface area contributed by atoms with Crippen LogP contribution in [-0.4, -0.2) is 22.0 Å². The summed E-state index contributed by atoms with van der Waals surface area (Å²) in [7, 11) is 0. The van der Waals surface area contributed by atoms with Gasteiger partial charge in [0.05, 0.1) is 5.71 Å². The molecule has 1 aliphatic carbocycles. The predicted octanol–water partition coefficient (Wildman–Crippen LogP) is 0.906. The quantitative estimate of drug-likeness (QED) is 0.275. The Kier molecular flexibility index (Phi) is 2.29. The topological polar surface area (TPSA) is 91.2 Å². The van der Waals surface area contributed by atoms with Crippen LogP contribution >= 0.6 is 0 Å². The Hall–Kier alpha value is -2.04. The molecule has 0 saturated carbocycles. The molecule has 0 radical (unpaired) electrons. The normalized spacial score (nSPS) is 18.1. The van der Waals surface area contributed by atoms with Gasteiger partial charge in [-0.25, -0.2) is 0 Å². The summed E-state index contributed by atoms with van der Waals surface area (Å²) in [5, 5.41) is 23.6. The highest BCUT2D eigenvalue weighted by molar-refractivity contribution is 6.08. The van der Waals surface area contributed by atoms with Gasteiger partial charge >= 0.3 is 0 Å². The lowest BCUT2D eigenvalue weighted by atomic mass is 10.0. The summed E-state index contributed by atoms with van der Waals surface area (Å²) in [6.07, 6.45) is 1.43.